The van der Waals surface area contributed by atoms with Crippen LogP contribution in [0.3, 0.4) is 0 Å². The van der Waals surface area contributed by atoms with E-state index in [0.717, 1.165) is 35.4 Å². The minimum atomic E-state index is -0.309. The number of hydrogen-bond acceptors (Lipinski definition) is 6. The van der Waals surface area contributed by atoms with Crippen molar-refractivity contribution in [1.82, 2.24) is 20.3 Å². The lowest BCUT2D eigenvalue weighted by Gasteiger charge is -2.20. The number of nitrogens with zero attached hydrogens (tertiary/aromatic N) is 4. The molecule has 3 heterocycles. The Hall–Kier alpha value is -2.96. The van der Waals surface area contributed by atoms with Crippen LogP contribution in [0.1, 0.15) is 40.5 Å². The van der Waals surface area contributed by atoms with Gasteiger partial charge in [-0.25, -0.2) is 15.0 Å². The molecule has 1 saturated heterocycles. The summed E-state index contributed by atoms with van der Waals surface area (Å²) < 4.78 is 5.14. The fourth-order valence-electron chi connectivity index (χ4n) is 3.33. The van der Waals surface area contributed by atoms with Crippen molar-refractivity contribution in [3.63, 3.8) is 0 Å². The lowest BCUT2D eigenvalue weighted by molar-refractivity contribution is 0.0921. The van der Waals surface area contributed by atoms with Crippen LogP contribution in [0.15, 0.2) is 29.0 Å². The predicted octanol–water partition coefficient (Wildman–Crippen LogP) is 2.76. The summed E-state index contributed by atoms with van der Waals surface area (Å²) in [5.74, 6) is 1.47. The summed E-state index contributed by atoms with van der Waals surface area (Å²) in [5.41, 5.74) is 2.60. The van der Waals surface area contributed by atoms with Crippen LogP contribution in [0, 0.1) is 13.8 Å². The summed E-state index contributed by atoms with van der Waals surface area (Å²) in [6.07, 6.45) is 3.62. The molecule has 1 N–H and O–H groups in total. The van der Waals surface area contributed by atoms with E-state index in [2.05, 4.69) is 26.3 Å². The highest BCUT2D eigenvalue weighted by Crippen LogP contribution is 2.28. The lowest BCUT2D eigenvalue weighted by atomic mass is 10.1. The van der Waals surface area contributed by atoms with Crippen LogP contribution in [0.4, 0.5) is 5.82 Å². The van der Waals surface area contributed by atoms with Crippen molar-refractivity contribution in [3.05, 3.63) is 47.4 Å². The molecule has 2 aromatic heterocycles. The second-order valence-electron chi connectivity index (χ2n) is 6.58. The van der Waals surface area contributed by atoms with E-state index in [1.165, 1.54) is 19.2 Å². The number of benzene rings is 1. The van der Waals surface area contributed by atoms with Gasteiger partial charge < -0.3 is 14.6 Å². The highest BCUT2D eigenvalue weighted by Gasteiger charge is 2.20. The van der Waals surface area contributed by atoms with Gasteiger partial charge in [-0.15, -0.1) is 0 Å². The van der Waals surface area contributed by atoms with Gasteiger partial charge in [-0.1, -0.05) is 12.1 Å². The number of aromatic nitrogens is 3. The van der Waals surface area contributed by atoms with Gasteiger partial charge in [0.2, 0.25) is 5.76 Å². The molecule has 0 atom stereocenters. The standard InChI is InChI=1S/C19H21N5O2/c1-12-6-5-7-14-16(12)22-15(23-18(14)24-8-3-4-9-24)10-20-19(25)17-13(2)21-11-26-17/h5-7,11H,3-4,8-10H2,1-2H3,(H,20,25). The van der Waals surface area contributed by atoms with Crippen molar-refractivity contribution in [3.8, 4) is 0 Å². The number of rotatable bonds is 4. The summed E-state index contributed by atoms with van der Waals surface area (Å²) in [6, 6.07) is 6.15. The molecule has 0 spiro atoms. The van der Waals surface area contributed by atoms with Crippen molar-refractivity contribution in [2.45, 2.75) is 33.2 Å². The minimum Gasteiger partial charge on any atom is -0.438 e. The van der Waals surface area contributed by atoms with Crippen LogP contribution in [0.5, 0.6) is 0 Å². The van der Waals surface area contributed by atoms with Gasteiger partial charge in [-0.05, 0) is 38.3 Å². The Morgan fingerprint density at radius 1 is 1.23 bits per heavy atom. The Morgan fingerprint density at radius 3 is 2.77 bits per heavy atom. The molecule has 26 heavy (non-hydrogen) atoms. The third-order valence-electron chi connectivity index (χ3n) is 4.72. The zero-order chi connectivity index (χ0) is 18.1. The first kappa shape index (κ1) is 16.5. The monoisotopic (exact) mass is 351 g/mol. The number of aryl methyl sites for hydroxylation is 2. The fourth-order valence-corrected chi connectivity index (χ4v) is 3.33. The Bertz CT molecular complexity index is 960. The van der Waals surface area contributed by atoms with Gasteiger partial charge in [0.1, 0.15) is 5.82 Å². The second kappa shape index (κ2) is 6.74. The van der Waals surface area contributed by atoms with Gasteiger partial charge in [0.05, 0.1) is 17.8 Å². The first-order valence-electron chi connectivity index (χ1n) is 8.83. The van der Waals surface area contributed by atoms with Crippen LogP contribution in [-0.4, -0.2) is 33.9 Å². The number of nitrogens with one attached hydrogen (secondary N) is 1. The van der Waals surface area contributed by atoms with Crippen molar-refractivity contribution in [1.29, 1.82) is 0 Å². The van der Waals surface area contributed by atoms with Crippen molar-refractivity contribution >= 4 is 22.6 Å². The summed E-state index contributed by atoms with van der Waals surface area (Å²) in [7, 11) is 0. The maximum Gasteiger partial charge on any atom is 0.289 e. The van der Waals surface area contributed by atoms with Crippen molar-refractivity contribution in [2.75, 3.05) is 18.0 Å². The third-order valence-corrected chi connectivity index (χ3v) is 4.72. The van der Waals surface area contributed by atoms with E-state index in [-0.39, 0.29) is 18.2 Å². The van der Waals surface area contributed by atoms with Crippen LogP contribution in [-0.2, 0) is 6.54 Å². The predicted molar refractivity (Wildman–Crippen MR) is 98.1 cm³/mol. The van der Waals surface area contributed by atoms with E-state index in [1.54, 1.807) is 6.92 Å². The molecule has 1 aromatic carbocycles. The van der Waals surface area contributed by atoms with Crippen molar-refractivity contribution in [2.24, 2.45) is 0 Å². The number of oxazole rings is 1. The molecule has 7 nitrogen and oxygen atoms in total. The third kappa shape index (κ3) is 3.00. The number of anilines is 1. The van der Waals surface area contributed by atoms with E-state index in [4.69, 9.17) is 9.40 Å². The second-order valence-corrected chi connectivity index (χ2v) is 6.58. The molecule has 0 radical (unpaired) electrons. The van der Waals surface area contributed by atoms with Gasteiger partial charge in [0, 0.05) is 18.5 Å². The SMILES string of the molecule is Cc1ncoc1C(=O)NCc1nc(N2CCCC2)c2cccc(C)c2n1. The maximum absolute atomic E-state index is 12.3. The first-order chi connectivity index (χ1) is 12.6. The average Bonchev–Trinajstić information content (AvgIpc) is 3.31. The molecule has 4 rings (SSSR count). The largest absolute Gasteiger partial charge is 0.438 e. The number of fused-ring (bicyclic) bond motifs is 1. The van der Waals surface area contributed by atoms with Crippen LogP contribution < -0.4 is 10.2 Å². The molecular weight excluding hydrogens is 330 g/mol. The molecule has 1 aliphatic rings. The van der Waals surface area contributed by atoms with Gasteiger partial charge in [0.15, 0.2) is 12.2 Å². The molecule has 0 bridgehead atoms. The van der Waals surface area contributed by atoms with E-state index in [1.807, 2.05) is 19.1 Å². The van der Waals surface area contributed by atoms with Gasteiger partial charge >= 0.3 is 0 Å². The zero-order valence-corrected chi connectivity index (χ0v) is 15.0. The first-order valence-corrected chi connectivity index (χ1v) is 8.83. The molecule has 7 heteroatoms. The molecular formula is C19H21N5O2. The van der Waals surface area contributed by atoms with Crippen LogP contribution in [0.25, 0.3) is 10.9 Å². The molecule has 1 amide bonds. The van der Waals surface area contributed by atoms with E-state index < -0.39 is 0 Å². The van der Waals surface area contributed by atoms with Crippen LogP contribution in [0.2, 0.25) is 0 Å². The molecule has 1 fully saturated rings. The molecule has 0 saturated carbocycles. The highest BCUT2D eigenvalue weighted by atomic mass is 16.3. The summed E-state index contributed by atoms with van der Waals surface area (Å²) in [4.78, 5) is 27.9. The normalized spacial score (nSPS) is 14.2. The summed E-state index contributed by atoms with van der Waals surface area (Å²) in [6.45, 7) is 6.03. The molecule has 0 aliphatic carbocycles. The highest BCUT2D eigenvalue weighted by molar-refractivity contribution is 5.93. The van der Waals surface area contributed by atoms with Gasteiger partial charge in [-0.3, -0.25) is 4.79 Å². The fraction of sp³-hybridized carbons (Fsp3) is 0.368. The van der Waals surface area contributed by atoms with Gasteiger partial charge in [0.25, 0.3) is 5.91 Å². The quantitative estimate of drug-likeness (QED) is 0.778. The molecule has 0 unspecified atom stereocenters. The molecule has 1 aliphatic heterocycles. The van der Waals surface area contributed by atoms with Gasteiger partial charge in [-0.2, -0.15) is 0 Å². The lowest BCUT2D eigenvalue weighted by Crippen LogP contribution is -2.26. The topological polar surface area (TPSA) is 84.2 Å². The van der Waals surface area contributed by atoms with E-state index in [0.29, 0.717) is 11.5 Å². The number of carbonyl (C=O) groups excluding carboxylic acids is 1. The van der Waals surface area contributed by atoms with E-state index in [9.17, 15) is 4.79 Å². The van der Waals surface area contributed by atoms with Crippen molar-refractivity contribution < 1.29 is 9.21 Å². The number of amides is 1. The number of carbonyl (C=O) groups is 1. The summed E-state index contributed by atoms with van der Waals surface area (Å²) >= 11 is 0. The minimum absolute atomic E-state index is 0.224. The Labute approximate surface area is 151 Å². The Morgan fingerprint density at radius 2 is 2.04 bits per heavy atom. The maximum atomic E-state index is 12.3. The number of para-hydroxylation sites is 1. The Balaban J connectivity index is 1.65. The number of hydrogen-bond donors (Lipinski definition) is 1. The average molecular weight is 351 g/mol. The molecule has 134 valence electrons. The summed E-state index contributed by atoms with van der Waals surface area (Å²) in [5, 5.41) is 3.89. The molecule has 3 aromatic rings. The smallest absolute Gasteiger partial charge is 0.289 e. The van der Waals surface area contributed by atoms with Crippen LogP contribution >= 0.6 is 0 Å². The van der Waals surface area contributed by atoms with E-state index >= 15 is 0 Å². The zero-order valence-electron chi connectivity index (χ0n) is 15.0. The Kier molecular flexibility index (Phi) is 4.28.